The van der Waals surface area contributed by atoms with E-state index in [0.29, 0.717) is 6.04 Å². The fourth-order valence-corrected chi connectivity index (χ4v) is 5.26. The van der Waals surface area contributed by atoms with Gasteiger partial charge in [-0.2, -0.15) is 0 Å². The molecule has 0 amide bonds. The van der Waals surface area contributed by atoms with Gasteiger partial charge >= 0.3 is 0 Å². The van der Waals surface area contributed by atoms with E-state index >= 15 is 0 Å². The molecule has 0 atom stereocenters. The quantitative estimate of drug-likeness (QED) is 0.845. The lowest BCUT2D eigenvalue weighted by molar-refractivity contribution is 0.00746. The molecule has 0 aliphatic heterocycles. The molecule has 4 aliphatic rings. The Morgan fingerprint density at radius 3 is 2.33 bits per heavy atom. The number of ether oxygens (including phenoxy) is 1. The number of rotatable bonds is 5. The van der Waals surface area contributed by atoms with Gasteiger partial charge in [0.25, 0.3) is 0 Å². The molecule has 114 valence electrons. The van der Waals surface area contributed by atoms with Crippen LogP contribution in [0, 0.1) is 23.7 Å². The zero-order valence-electron chi connectivity index (χ0n) is 13.1. The van der Waals surface area contributed by atoms with E-state index in [-0.39, 0.29) is 0 Å². The fraction of sp³-hybridized carbons (Fsp3) is 0.684. The van der Waals surface area contributed by atoms with Gasteiger partial charge in [-0.1, -0.05) is 19.1 Å². The van der Waals surface area contributed by atoms with E-state index in [1.165, 1.54) is 37.8 Å². The van der Waals surface area contributed by atoms with Gasteiger partial charge in [-0.25, -0.2) is 0 Å². The highest BCUT2D eigenvalue weighted by Crippen LogP contribution is 2.54. The molecule has 0 radical (unpaired) electrons. The maximum absolute atomic E-state index is 5.92. The first-order chi connectivity index (χ1) is 10.3. The van der Waals surface area contributed by atoms with Crippen LogP contribution >= 0.6 is 0 Å². The molecule has 4 saturated carbocycles. The first kappa shape index (κ1) is 13.5. The number of para-hydroxylation sites is 2. The van der Waals surface area contributed by atoms with E-state index in [2.05, 4.69) is 36.5 Å². The highest BCUT2D eigenvalue weighted by Gasteiger charge is 2.48. The van der Waals surface area contributed by atoms with Crippen molar-refractivity contribution >= 4 is 5.69 Å². The monoisotopic (exact) mass is 285 g/mol. The van der Waals surface area contributed by atoms with E-state index in [4.69, 9.17) is 4.74 Å². The minimum Gasteiger partial charge on any atom is -0.491 e. The number of anilines is 1. The predicted octanol–water partition coefficient (Wildman–Crippen LogP) is 4.71. The van der Waals surface area contributed by atoms with Crippen LogP contribution in [-0.4, -0.2) is 12.6 Å². The molecule has 21 heavy (non-hydrogen) atoms. The van der Waals surface area contributed by atoms with Crippen molar-refractivity contribution in [2.75, 3.05) is 11.9 Å². The zero-order valence-corrected chi connectivity index (χ0v) is 13.1. The maximum Gasteiger partial charge on any atom is 0.142 e. The van der Waals surface area contributed by atoms with E-state index in [9.17, 15) is 0 Å². The third-order valence-electron chi connectivity index (χ3n) is 5.90. The molecule has 1 aromatic rings. The van der Waals surface area contributed by atoms with Crippen molar-refractivity contribution in [1.82, 2.24) is 0 Å². The number of benzene rings is 1. The Bertz CT molecular complexity index is 470. The van der Waals surface area contributed by atoms with Crippen LogP contribution in [0.5, 0.6) is 5.75 Å². The lowest BCUT2D eigenvalue weighted by Crippen LogP contribution is -2.51. The molecule has 0 saturated heterocycles. The van der Waals surface area contributed by atoms with Gasteiger partial charge in [0.2, 0.25) is 0 Å². The minimum atomic E-state index is 0.684. The van der Waals surface area contributed by atoms with Gasteiger partial charge < -0.3 is 10.1 Å². The predicted molar refractivity (Wildman–Crippen MR) is 86.7 cm³/mol. The Kier molecular flexibility index (Phi) is 3.56. The summed E-state index contributed by atoms with van der Waals surface area (Å²) < 4.78 is 5.92. The van der Waals surface area contributed by atoms with Crippen molar-refractivity contribution in [2.45, 2.75) is 51.5 Å². The number of hydrogen-bond donors (Lipinski definition) is 1. The first-order valence-electron chi connectivity index (χ1n) is 8.82. The molecule has 4 aliphatic carbocycles. The number of nitrogens with one attached hydrogen (secondary N) is 1. The van der Waals surface area contributed by atoms with Gasteiger partial charge in [-0.15, -0.1) is 0 Å². The average molecular weight is 285 g/mol. The summed E-state index contributed by atoms with van der Waals surface area (Å²) in [6.45, 7) is 2.97. The van der Waals surface area contributed by atoms with Crippen LogP contribution in [0.3, 0.4) is 0 Å². The topological polar surface area (TPSA) is 21.3 Å². The van der Waals surface area contributed by atoms with Crippen LogP contribution in [-0.2, 0) is 0 Å². The normalized spacial score (nSPS) is 36.7. The molecule has 1 N–H and O–H groups in total. The lowest BCUT2D eigenvalue weighted by Gasteiger charge is -2.54. The van der Waals surface area contributed by atoms with Gasteiger partial charge in [0.1, 0.15) is 5.75 Å². The summed E-state index contributed by atoms with van der Waals surface area (Å²) in [6.07, 6.45) is 8.43. The second-order valence-electron chi connectivity index (χ2n) is 7.45. The molecule has 0 aromatic heterocycles. The van der Waals surface area contributed by atoms with E-state index in [1.807, 2.05) is 0 Å². The van der Waals surface area contributed by atoms with Crippen LogP contribution in [0.1, 0.15) is 45.4 Å². The average Bonchev–Trinajstić information content (AvgIpc) is 2.49. The smallest absolute Gasteiger partial charge is 0.142 e. The van der Waals surface area contributed by atoms with Gasteiger partial charge in [0, 0.05) is 6.04 Å². The molecular formula is C19H27NO. The molecule has 4 bridgehead atoms. The van der Waals surface area contributed by atoms with Crippen LogP contribution in [0.2, 0.25) is 0 Å². The van der Waals surface area contributed by atoms with Crippen molar-refractivity contribution in [3.8, 4) is 5.75 Å². The van der Waals surface area contributed by atoms with Crippen molar-refractivity contribution < 1.29 is 4.74 Å². The molecular weight excluding hydrogens is 258 g/mol. The Labute approximate surface area is 128 Å². The van der Waals surface area contributed by atoms with Crippen LogP contribution in [0.15, 0.2) is 24.3 Å². The summed E-state index contributed by atoms with van der Waals surface area (Å²) in [5, 5.41) is 3.88. The summed E-state index contributed by atoms with van der Waals surface area (Å²) in [6, 6.07) is 9.18. The minimum absolute atomic E-state index is 0.684. The summed E-state index contributed by atoms with van der Waals surface area (Å²) in [7, 11) is 0. The molecule has 2 heteroatoms. The SMILES string of the molecule is CCCOc1ccccc1NC1C2CC3CC(C2)CC1C3. The van der Waals surface area contributed by atoms with E-state index in [1.54, 1.807) is 0 Å². The highest BCUT2D eigenvalue weighted by molar-refractivity contribution is 5.57. The van der Waals surface area contributed by atoms with Gasteiger partial charge in [-0.3, -0.25) is 0 Å². The molecule has 0 unspecified atom stereocenters. The Balaban J connectivity index is 1.51. The number of hydrogen-bond acceptors (Lipinski definition) is 2. The largest absolute Gasteiger partial charge is 0.491 e. The summed E-state index contributed by atoms with van der Waals surface area (Å²) in [5.74, 6) is 4.92. The van der Waals surface area contributed by atoms with Crippen LogP contribution in [0.4, 0.5) is 5.69 Å². The summed E-state index contributed by atoms with van der Waals surface area (Å²) >= 11 is 0. The standard InChI is InChI=1S/C19H27NO/c1-2-7-21-18-6-4-3-5-17(18)20-19-15-9-13-8-14(11-15)12-16(19)10-13/h3-6,13-16,19-20H,2,7-12H2,1H3. The lowest BCUT2D eigenvalue weighted by atomic mass is 9.54. The van der Waals surface area contributed by atoms with Crippen molar-refractivity contribution in [1.29, 1.82) is 0 Å². The second kappa shape index (κ2) is 5.55. The van der Waals surface area contributed by atoms with Gasteiger partial charge in [-0.05, 0) is 74.3 Å². The van der Waals surface area contributed by atoms with E-state index in [0.717, 1.165) is 42.4 Å². The summed E-state index contributed by atoms with van der Waals surface area (Å²) in [4.78, 5) is 0. The highest BCUT2D eigenvalue weighted by atomic mass is 16.5. The van der Waals surface area contributed by atoms with Crippen LogP contribution < -0.4 is 10.1 Å². The molecule has 5 rings (SSSR count). The third kappa shape index (κ3) is 2.54. The maximum atomic E-state index is 5.92. The van der Waals surface area contributed by atoms with E-state index < -0.39 is 0 Å². The van der Waals surface area contributed by atoms with Crippen molar-refractivity contribution in [2.24, 2.45) is 23.7 Å². The second-order valence-corrected chi connectivity index (χ2v) is 7.45. The Morgan fingerprint density at radius 1 is 1.00 bits per heavy atom. The van der Waals surface area contributed by atoms with Crippen molar-refractivity contribution in [3.63, 3.8) is 0 Å². The molecule has 0 heterocycles. The summed E-state index contributed by atoms with van der Waals surface area (Å²) in [5.41, 5.74) is 1.21. The fourth-order valence-electron chi connectivity index (χ4n) is 5.26. The van der Waals surface area contributed by atoms with Crippen LogP contribution in [0.25, 0.3) is 0 Å². The molecule has 2 nitrogen and oxygen atoms in total. The Hall–Kier alpha value is -1.18. The molecule has 4 fully saturated rings. The molecule has 1 aromatic carbocycles. The zero-order chi connectivity index (χ0) is 14.2. The first-order valence-corrected chi connectivity index (χ1v) is 8.82. The van der Waals surface area contributed by atoms with Crippen molar-refractivity contribution in [3.05, 3.63) is 24.3 Å². The van der Waals surface area contributed by atoms with Gasteiger partial charge in [0.05, 0.1) is 12.3 Å². The Morgan fingerprint density at radius 2 is 1.67 bits per heavy atom. The molecule has 0 spiro atoms. The third-order valence-corrected chi connectivity index (χ3v) is 5.90. The van der Waals surface area contributed by atoms with Gasteiger partial charge in [0.15, 0.2) is 0 Å².